The van der Waals surface area contributed by atoms with Crippen LogP contribution in [0.3, 0.4) is 0 Å². The molecule has 1 aliphatic rings. The Balaban J connectivity index is 2.39. The predicted molar refractivity (Wildman–Crippen MR) is 43.1 cm³/mol. The van der Waals surface area contributed by atoms with Gasteiger partial charge in [0.05, 0.1) is 13.7 Å². The molecule has 1 heterocycles. The van der Waals surface area contributed by atoms with Crippen molar-refractivity contribution in [1.29, 1.82) is 0 Å². The first-order valence-corrected chi connectivity index (χ1v) is 4.00. The van der Waals surface area contributed by atoms with Gasteiger partial charge in [0.1, 0.15) is 6.10 Å². The third kappa shape index (κ3) is 2.19. The molecule has 0 saturated carbocycles. The van der Waals surface area contributed by atoms with Gasteiger partial charge in [0.25, 0.3) is 5.91 Å². The molecule has 1 amide bonds. The highest BCUT2D eigenvalue weighted by Crippen LogP contribution is 2.13. The fourth-order valence-electron chi connectivity index (χ4n) is 1.11. The summed E-state index contributed by atoms with van der Waals surface area (Å²) in [6.07, 6.45) is 3.40. The molecule has 0 aromatic heterocycles. The number of hydroxylamine groups is 2. The van der Waals surface area contributed by atoms with Crippen LogP contribution in [0.1, 0.15) is 12.8 Å². The smallest absolute Gasteiger partial charge is 0.274 e. The van der Waals surface area contributed by atoms with Gasteiger partial charge in [-0.15, -0.1) is 0 Å². The maximum absolute atomic E-state index is 11.4. The fourth-order valence-corrected chi connectivity index (χ4v) is 1.11. The van der Waals surface area contributed by atoms with Crippen LogP contribution in [-0.4, -0.2) is 37.8 Å². The number of likely N-dealkylation sites (N-methyl/N-ethyl adjacent to an activating group) is 1. The first-order chi connectivity index (χ1) is 5.75. The van der Waals surface area contributed by atoms with Crippen molar-refractivity contribution < 1.29 is 14.4 Å². The molecule has 0 bridgehead atoms. The van der Waals surface area contributed by atoms with Gasteiger partial charge in [0, 0.05) is 7.05 Å². The zero-order valence-corrected chi connectivity index (χ0v) is 7.45. The summed E-state index contributed by atoms with van der Waals surface area (Å²) in [7, 11) is 3.05. The van der Waals surface area contributed by atoms with Crippen molar-refractivity contribution >= 4 is 5.91 Å². The fraction of sp³-hybridized carbons (Fsp3) is 0.750. The zero-order valence-electron chi connectivity index (χ0n) is 7.45. The predicted octanol–water partition coefficient (Wildman–Crippen LogP) is 0.389. The molecule has 1 fully saturated rings. The number of hydrogen-bond donors (Lipinski definition) is 0. The minimum Gasteiger partial charge on any atom is -0.368 e. The molecule has 0 aromatic carbocycles. The molecule has 1 saturated heterocycles. The lowest BCUT2D eigenvalue weighted by molar-refractivity contribution is -0.182. The zero-order chi connectivity index (χ0) is 8.97. The highest BCUT2D eigenvalue weighted by Gasteiger charge is 2.24. The average Bonchev–Trinajstić information content (AvgIpc) is 2.17. The number of carbonyl (C=O) groups excluding carboxylic acids is 1. The van der Waals surface area contributed by atoms with Gasteiger partial charge in [-0.25, -0.2) is 5.06 Å². The van der Waals surface area contributed by atoms with Gasteiger partial charge >= 0.3 is 0 Å². The molecule has 1 radical (unpaired) electrons. The third-order valence-corrected chi connectivity index (χ3v) is 1.91. The molecule has 1 atom stereocenters. The third-order valence-electron chi connectivity index (χ3n) is 1.91. The van der Waals surface area contributed by atoms with Crippen molar-refractivity contribution in [3.8, 4) is 0 Å². The SMILES string of the molecule is CON(C)C(=O)[C@@H]1CC[CH]CO1. The highest BCUT2D eigenvalue weighted by molar-refractivity contribution is 5.79. The maximum atomic E-state index is 11.4. The van der Waals surface area contributed by atoms with Crippen LogP contribution in [0.2, 0.25) is 0 Å². The van der Waals surface area contributed by atoms with Gasteiger partial charge in [-0.2, -0.15) is 0 Å². The Bertz CT molecular complexity index is 154. The van der Waals surface area contributed by atoms with E-state index in [1.54, 1.807) is 7.05 Å². The molecule has 0 N–H and O–H groups in total. The van der Waals surface area contributed by atoms with Gasteiger partial charge < -0.3 is 4.74 Å². The Labute approximate surface area is 72.4 Å². The van der Waals surface area contributed by atoms with Crippen molar-refractivity contribution in [2.45, 2.75) is 18.9 Å². The maximum Gasteiger partial charge on any atom is 0.274 e. The molecule has 12 heavy (non-hydrogen) atoms. The lowest BCUT2D eigenvalue weighted by Crippen LogP contribution is -2.39. The largest absolute Gasteiger partial charge is 0.368 e. The molecular formula is C8H14NO3. The van der Waals surface area contributed by atoms with Gasteiger partial charge in [-0.1, -0.05) is 0 Å². The van der Waals surface area contributed by atoms with E-state index in [0.29, 0.717) is 6.61 Å². The van der Waals surface area contributed by atoms with Crippen molar-refractivity contribution in [3.05, 3.63) is 6.42 Å². The molecule has 0 aromatic rings. The first kappa shape index (κ1) is 9.48. The van der Waals surface area contributed by atoms with Gasteiger partial charge in [0.15, 0.2) is 0 Å². The average molecular weight is 172 g/mol. The Morgan fingerprint density at radius 1 is 1.75 bits per heavy atom. The van der Waals surface area contributed by atoms with E-state index in [1.165, 1.54) is 12.2 Å². The number of rotatable bonds is 2. The van der Waals surface area contributed by atoms with E-state index >= 15 is 0 Å². The summed E-state index contributed by atoms with van der Waals surface area (Å²) in [4.78, 5) is 16.1. The number of amides is 1. The summed E-state index contributed by atoms with van der Waals surface area (Å²) in [5.74, 6) is -0.106. The topological polar surface area (TPSA) is 38.8 Å². The standard InChI is InChI=1S/C8H14NO3/c1-9(11-2)8(10)7-5-3-4-6-12-7/h4,7H,3,5-6H2,1-2H3/t7-/m0/s1. The van der Waals surface area contributed by atoms with Crippen LogP contribution in [0.25, 0.3) is 0 Å². The Morgan fingerprint density at radius 2 is 2.50 bits per heavy atom. The molecule has 0 aliphatic carbocycles. The van der Waals surface area contributed by atoms with Gasteiger partial charge in [-0.05, 0) is 19.3 Å². The van der Waals surface area contributed by atoms with E-state index in [2.05, 4.69) is 0 Å². The monoisotopic (exact) mass is 172 g/mol. The van der Waals surface area contributed by atoms with Crippen LogP contribution < -0.4 is 0 Å². The lowest BCUT2D eigenvalue weighted by Gasteiger charge is -2.24. The molecule has 1 rings (SSSR count). The summed E-state index contributed by atoms with van der Waals surface area (Å²) >= 11 is 0. The summed E-state index contributed by atoms with van der Waals surface area (Å²) in [5, 5.41) is 1.20. The van der Waals surface area contributed by atoms with Crippen molar-refractivity contribution in [2.24, 2.45) is 0 Å². The van der Waals surface area contributed by atoms with Crippen LogP contribution in [-0.2, 0) is 14.4 Å². The van der Waals surface area contributed by atoms with Crippen LogP contribution in [0.4, 0.5) is 0 Å². The number of ether oxygens (including phenoxy) is 1. The Morgan fingerprint density at radius 3 is 3.00 bits per heavy atom. The van der Waals surface area contributed by atoms with Crippen LogP contribution >= 0.6 is 0 Å². The Hall–Kier alpha value is -0.610. The van der Waals surface area contributed by atoms with Crippen LogP contribution in [0.15, 0.2) is 0 Å². The van der Waals surface area contributed by atoms with E-state index in [9.17, 15) is 4.79 Å². The quantitative estimate of drug-likeness (QED) is 0.565. The summed E-state index contributed by atoms with van der Waals surface area (Å²) in [5.41, 5.74) is 0. The van der Waals surface area contributed by atoms with E-state index in [0.717, 1.165) is 12.8 Å². The van der Waals surface area contributed by atoms with Gasteiger partial charge in [-0.3, -0.25) is 9.63 Å². The summed E-state index contributed by atoms with van der Waals surface area (Å²) < 4.78 is 5.24. The van der Waals surface area contributed by atoms with Crippen molar-refractivity contribution in [3.63, 3.8) is 0 Å². The second kappa shape index (κ2) is 4.42. The van der Waals surface area contributed by atoms with Gasteiger partial charge in [0.2, 0.25) is 0 Å². The van der Waals surface area contributed by atoms with E-state index in [-0.39, 0.29) is 12.0 Å². The van der Waals surface area contributed by atoms with Crippen LogP contribution in [0, 0.1) is 6.42 Å². The van der Waals surface area contributed by atoms with E-state index in [4.69, 9.17) is 9.57 Å². The molecule has 4 nitrogen and oxygen atoms in total. The lowest BCUT2D eigenvalue weighted by atomic mass is 10.1. The summed E-state index contributed by atoms with van der Waals surface area (Å²) in [6.45, 7) is 0.563. The molecule has 0 unspecified atom stereocenters. The van der Waals surface area contributed by atoms with E-state index < -0.39 is 0 Å². The van der Waals surface area contributed by atoms with E-state index in [1.807, 2.05) is 6.42 Å². The number of nitrogens with zero attached hydrogens (tertiary/aromatic N) is 1. The second-order valence-corrected chi connectivity index (χ2v) is 2.71. The Kier molecular flexibility index (Phi) is 3.49. The van der Waals surface area contributed by atoms with Crippen LogP contribution in [0.5, 0.6) is 0 Å². The minimum atomic E-state index is -0.319. The van der Waals surface area contributed by atoms with Crippen molar-refractivity contribution in [1.82, 2.24) is 5.06 Å². The first-order valence-electron chi connectivity index (χ1n) is 4.00. The molecule has 1 aliphatic heterocycles. The van der Waals surface area contributed by atoms with Crippen molar-refractivity contribution in [2.75, 3.05) is 20.8 Å². The highest BCUT2D eigenvalue weighted by atomic mass is 16.7. The molecular weight excluding hydrogens is 158 g/mol. The molecule has 4 heteroatoms. The minimum absolute atomic E-state index is 0.106. The summed E-state index contributed by atoms with van der Waals surface area (Å²) in [6, 6.07) is 0. The molecule has 69 valence electrons. The number of carbonyl (C=O) groups is 1. The molecule has 0 spiro atoms. The normalized spacial score (nSPS) is 23.7. The number of hydrogen-bond acceptors (Lipinski definition) is 3. The second-order valence-electron chi connectivity index (χ2n) is 2.71.